The Morgan fingerprint density at radius 3 is 2.81 bits per heavy atom. The molecule has 2 fully saturated rings. The van der Waals surface area contributed by atoms with Gasteiger partial charge in [0, 0.05) is 18.1 Å². The molecule has 94 valence electrons. The number of rotatable bonds is 4. The van der Waals surface area contributed by atoms with Gasteiger partial charge < -0.3 is 10.6 Å². The van der Waals surface area contributed by atoms with Gasteiger partial charge in [0.25, 0.3) is 0 Å². The first-order valence-corrected chi connectivity index (χ1v) is 7.23. The summed E-state index contributed by atoms with van der Waals surface area (Å²) in [7, 11) is 0. The maximum absolute atomic E-state index is 3.77. The minimum absolute atomic E-state index is 0.688. The molecule has 0 spiro atoms. The second-order valence-corrected chi connectivity index (χ2v) is 6.08. The minimum atomic E-state index is 0.688. The van der Waals surface area contributed by atoms with E-state index in [0.717, 1.165) is 18.0 Å². The van der Waals surface area contributed by atoms with Crippen LogP contribution in [-0.2, 0) is 0 Å². The molecule has 0 amide bonds. The third-order valence-electron chi connectivity index (χ3n) is 4.19. The summed E-state index contributed by atoms with van der Waals surface area (Å²) in [5, 5.41) is 7.46. The van der Waals surface area contributed by atoms with Crippen molar-refractivity contribution in [1.29, 1.82) is 0 Å². The summed E-state index contributed by atoms with van der Waals surface area (Å²) >= 11 is 0. The first-order chi connectivity index (χ1) is 7.74. The van der Waals surface area contributed by atoms with Gasteiger partial charge in [-0.1, -0.05) is 19.8 Å². The molecule has 1 saturated heterocycles. The minimum Gasteiger partial charge on any atom is -0.314 e. The van der Waals surface area contributed by atoms with Gasteiger partial charge in [0.15, 0.2) is 0 Å². The third kappa shape index (κ3) is 3.74. The fourth-order valence-electron chi connectivity index (χ4n) is 3.24. The van der Waals surface area contributed by atoms with Gasteiger partial charge >= 0.3 is 0 Å². The SMILES string of the molecule is CC1CC(NC(C)CC2CCCCCN2)C1. The van der Waals surface area contributed by atoms with Crippen LogP contribution in [0.5, 0.6) is 0 Å². The predicted molar refractivity (Wildman–Crippen MR) is 69.7 cm³/mol. The summed E-state index contributed by atoms with van der Waals surface area (Å²) in [6.07, 6.45) is 9.69. The molecule has 0 aromatic carbocycles. The highest BCUT2D eigenvalue weighted by molar-refractivity contribution is 4.85. The Balaban J connectivity index is 1.63. The van der Waals surface area contributed by atoms with Crippen molar-refractivity contribution in [2.24, 2.45) is 5.92 Å². The summed E-state index contributed by atoms with van der Waals surface area (Å²) in [5.74, 6) is 0.959. The quantitative estimate of drug-likeness (QED) is 0.767. The van der Waals surface area contributed by atoms with Crippen LogP contribution < -0.4 is 10.6 Å². The molecule has 0 radical (unpaired) electrons. The van der Waals surface area contributed by atoms with Gasteiger partial charge in [-0.2, -0.15) is 0 Å². The fourth-order valence-corrected chi connectivity index (χ4v) is 3.24. The molecule has 2 atom stereocenters. The van der Waals surface area contributed by atoms with Crippen LogP contribution in [0.3, 0.4) is 0 Å². The maximum atomic E-state index is 3.77. The highest BCUT2D eigenvalue weighted by atomic mass is 15.0. The summed E-state index contributed by atoms with van der Waals surface area (Å²) in [6.45, 7) is 5.95. The zero-order valence-corrected chi connectivity index (χ0v) is 11.0. The molecule has 0 bridgehead atoms. The lowest BCUT2D eigenvalue weighted by Crippen LogP contribution is -2.46. The Hall–Kier alpha value is -0.0800. The van der Waals surface area contributed by atoms with Crippen LogP contribution in [0.25, 0.3) is 0 Å². The van der Waals surface area contributed by atoms with Gasteiger partial charge in [-0.3, -0.25) is 0 Å². The van der Waals surface area contributed by atoms with E-state index < -0.39 is 0 Å². The zero-order chi connectivity index (χ0) is 11.4. The standard InChI is InChI=1S/C14H28N2/c1-11-8-14(9-11)16-12(2)10-13-6-4-3-5-7-15-13/h11-16H,3-10H2,1-2H3. The summed E-state index contributed by atoms with van der Waals surface area (Å²) < 4.78 is 0. The van der Waals surface area contributed by atoms with Crippen molar-refractivity contribution >= 4 is 0 Å². The van der Waals surface area contributed by atoms with Crippen molar-refractivity contribution in [3.8, 4) is 0 Å². The van der Waals surface area contributed by atoms with Crippen molar-refractivity contribution in [3.05, 3.63) is 0 Å². The van der Waals surface area contributed by atoms with Crippen molar-refractivity contribution in [3.63, 3.8) is 0 Å². The molecular formula is C14H28N2. The summed E-state index contributed by atoms with van der Waals surface area (Å²) in [5.41, 5.74) is 0. The lowest BCUT2D eigenvalue weighted by atomic mass is 9.81. The van der Waals surface area contributed by atoms with Crippen molar-refractivity contribution in [2.45, 2.75) is 76.9 Å². The highest BCUT2D eigenvalue weighted by Crippen LogP contribution is 2.27. The van der Waals surface area contributed by atoms with Gasteiger partial charge in [0.2, 0.25) is 0 Å². The molecule has 1 heterocycles. The molecule has 2 nitrogen and oxygen atoms in total. The highest BCUT2D eigenvalue weighted by Gasteiger charge is 2.26. The van der Waals surface area contributed by atoms with Gasteiger partial charge in [-0.15, -0.1) is 0 Å². The van der Waals surface area contributed by atoms with E-state index in [1.807, 2.05) is 0 Å². The van der Waals surface area contributed by atoms with Crippen LogP contribution in [0.15, 0.2) is 0 Å². The summed E-state index contributed by atoms with van der Waals surface area (Å²) in [4.78, 5) is 0. The molecule has 0 aromatic rings. The van der Waals surface area contributed by atoms with E-state index in [2.05, 4.69) is 24.5 Å². The normalized spacial score (nSPS) is 37.5. The number of hydrogen-bond donors (Lipinski definition) is 2. The first-order valence-electron chi connectivity index (χ1n) is 7.23. The number of nitrogens with one attached hydrogen (secondary N) is 2. The topological polar surface area (TPSA) is 24.1 Å². The van der Waals surface area contributed by atoms with Gasteiger partial charge in [-0.05, 0) is 51.5 Å². The van der Waals surface area contributed by atoms with Crippen molar-refractivity contribution in [2.75, 3.05) is 6.54 Å². The second-order valence-electron chi connectivity index (χ2n) is 6.08. The van der Waals surface area contributed by atoms with Crippen molar-refractivity contribution < 1.29 is 0 Å². The van der Waals surface area contributed by atoms with E-state index in [9.17, 15) is 0 Å². The molecule has 1 aliphatic heterocycles. The average Bonchev–Trinajstić information content (AvgIpc) is 2.44. The van der Waals surface area contributed by atoms with Crippen LogP contribution in [0.4, 0.5) is 0 Å². The number of hydrogen-bond acceptors (Lipinski definition) is 2. The molecule has 16 heavy (non-hydrogen) atoms. The van der Waals surface area contributed by atoms with Crippen molar-refractivity contribution in [1.82, 2.24) is 10.6 Å². The Labute approximate surface area is 101 Å². The molecule has 0 aromatic heterocycles. The van der Waals surface area contributed by atoms with Gasteiger partial charge in [0.1, 0.15) is 0 Å². The van der Waals surface area contributed by atoms with Crippen LogP contribution in [0.2, 0.25) is 0 Å². The van der Waals surface area contributed by atoms with E-state index >= 15 is 0 Å². The van der Waals surface area contributed by atoms with Crippen LogP contribution >= 0.6 is 0 Å². The molecule has 2 heteroatoms. The lowest BCUT2D eigenvalue weighted by molar-refractivity contribution is 0.217. The molecule has 2 unspecified atom stereocenters. The molecule has 2 rings (SSSR count). The van der Waals surface area contributed by atoms with E-state index in [-0.39, 0.29) is 0 Å². The lowest BCUT2D eigenvalue weighted by Gasteiger charge is -2.36. The smallest absolute Gasteiger partial charge is 0.00817 e. The molecule has 1 saturated carbocycles. The predicted octanol–water partition coefficient (Wildman–Crippen LogP) is 2.69. The molecule has 2 aliphatic rings. The van der Waals surface area contributed by atoms with Crippen LogP contribution in [0.1, 0.15) is 58.8 Å². The van der Waals surface area contributed by atoms with Crippen LogP contribution in [-0.4, -0.2) is 24.7 Å². The Morgan fingerprint density at radius 2 is 2.06 bits per heavy atom. The molecule has 2 N–H and O–H groups in total. The maximum Gasteiger partial charge on any atom is 0.00817 e. The van der Waals surface area contributed by atoms with E-state index in [1.165, 1.54) is 51.5 Å². The van der Waals surface area contributed by atoms with Gasteiger partial charge in [-0.25, -0.2) is 0 Å². The zero-order valence-electron chi connectivity index (χ0n) is 11.0. The monoisotopic (exact) mass is 224 g/mol. The Kier molecular flexibility index (Phi) is 4.66. The largest absolute Gasteiger partial charge is 0.314 e. The fraction of sp³-hybridized carbons (Fsp3) is 1.00. The molecule has 1 aliphatic carbocycles. The van der Waals surface area contributed by atoms with E-state index in [0.29, 0.717) is 6.04 Å². The Morgan fingerprint density at radius 1 is 1.25 bits per heavy atom. The third-order valence-corrected chi connectivity index (χ3v) is 4.19. The first kappa shape index (κ1) is 12.4. The van der Waals surface area contributed by atoms with E-state index in [1.54, 1.807) is 0 Å². The Bertz CT molecular complexity index is 191. The van der Waals surface area contributed by atoms with Gasteiger partial charge in [0.05, 0.1) is 0 Å². The van der Waals surface area contributed by atoms with E-state index in [4.69, 9.17) is 0 Å². The average molecular weight is 224 g/mol. The summed E-state index contributed by atoms with van der Waals surface area (Å²) in [6, 6.07) is 2.27. The van der Waals surface area contributed by atoms with Crippen LogP contribution in [0, 0.1) is 5.92 Å². The second kappa shape index (κ2) is 6.02. The molecular weight excluding hydrogens is 196 g/mol.